The Labute approximate surface area is 153 Å². The van der Waals surface area contributed by atoms with Crippen LogP contribution in [0.5, 0.6) is 0 Å². The van der Waals surface area contributed by atoms with E-state index in [4.69, 9.17) is 5.73 Å². The molecular formula is C23H22N2O. The zero-order valence-electron chi connectivity index (χ0n) is 14.5. The Bertz CT molecular complexity index is 953. The van der Waals surface area contributed by atoms with Crippen molar-refractivity contribution in [3.63, 3.8) is 0 Å². The summed E-state index contributed by atoms with van der Waals surface area (Å²) in [5.74, 6) is 0. The third kappa shape index (κ3) is 2.81. The summed E-state index contributed by atoms with van der Waals surface area (Å²) >= 11 is 0. The molecule has 0 aliphatic heterocycles. The van der Waals surface area contributed by atoms with Crippen molar-refractivity contribution in [1.29, 1.82) is 0 Å². The Morgan fingerprint density at radius 3 is 1.96 bits per heavy atom. The van der Waals surface area contributed by atoms with Gasteiger partial charge in [0.1, 0.15) is 5.60 Å². The van der Waals surface area contributed by atoms with Gasteiger partial charge in [-0.3, -0.25) is 0 Å². The summed E-state index contributed by atoms with van der Waals surface area (Å²) < 4.78 is 0. The van der Waals surface area contributed by atoms with E-state index in [1.807, 2.05) is 85.1 Å². The topological polar surface area (TPSA) is 62.0 Å². The summed E-state index contributed by atoms with van der Waals surface area (Å²) in [6.45, 7) is 0. The molecule has 3 nitrogen and oxygen atoms in total. The lowest BCUT2D eigenvalue weighted by Gasteiger charge is -2.35. The number of aliphatic hydroxyl groups is 1. The summed E-state index contributed by atoms with van der Waals surface area (Å²) in [6, 6.07) is 27.0. The van der Waals surface area contributed by atoms with Crippen molar-refractivity contribution in [1.82, 2.24) is 4.98 Å². The third-order valence-corrected chi connectivity index (χ3v) is 5.08. The number of benzene rings is 3. The zero-order valence-corrected chi connectivity index (χ0v) is 14.5. The van der Waals surface area contributed by atoms with E-state index in [2.05, 4.69) is 11.1 Å². The van der Waals surface area contributed by atoms with E-state index in [0.717, 1.165) is 27.6 Å². The smallest absolute Gasteiger partial charge is 0.130 e. The van der Waals surface area contributed by atoms with Crippen molar-refractivity contribution in [2.24, 2.45) is 5.73 Å². The maximum atomic E-state index is 11.8. The highest BCUT2D eigenvalue weighted by Crippen LogP contribution is 2.34. The van der Waals surface area contributed by atoms with Gasteiger partial charge < -0.3 is 15.8 Å². The molecule has 26 heavy (non-hydrogen) atoms. The monoisotopic (exact) mass is 342 g/mol. The van der Waals surface area contributed by atoms with Crippen LogP contribution in [0.25, 0.3) is 10.9 Å². The molecule has 1 aromatic heterocycles. The fourth-order valence-electron chi connectivity index (χ4n) is 3.66. The van der Waals surface area contributed by atoms with Crippen LogP contribution in [-0.2, 0) is 12.0 Å². The number of rotatable bonds is 5. The average molecular weight is 342 g/mol. The number of aromatic nitrogens is 1. The second-order valence-electron chi connectivity index (χ2n) is 6.67. The molecule has 3 aromatic carbocycles. The molecule has 0 saturated heterocycles. The molecule has 0 aliphatic carbocycles. The van der Waals surface area contributed by atoms with E-state index in [1.54, 1.807) is 0 Å². The number of hydrogen-bond acceptors (Lipinski definition) is 2. The van der Waals surface area contributed by atoms with E-state index in [9.17, 15) is 5.11 Å². The molecule has 0 radical (unpaired) electrons. The zero-order chi connectivity index (χ0) is 18.0. The minimum atomic E-state index is -1.26. The van der Waals surface area contributed by atoms with Gasteiger partial charge >= 0.3 is 0 Å². The lowest BCUT2D eigenvalue weighted by atomic mass is 9.78. The number of nitrogens with two attached hydrogens (primary N) is 1. The summed E-state index contributed by atoms with van der Waals surface area (Å²) in [6.07, 6.45) is 2.55. The van der Waals surface area contributed by atoms with E-state index in [-0.39, 0.29) is 0 Å². The van der Waals surface area contributed by atoms with E-state index in [1.165, 1.54) is 0 Å². The van der Waals surface area contributed by atoms with Gasteiger partial charge in [0, 0.05) is 23.1 Å². The van der Waals surface area contributed by atoms with Crippen LogP contribution in [0.2, 0.25) is 0 Å². The molecule has 4 N–H and O–H groups in total. The largest absolute Gasteiger partial charge is 0.379 e. The van der Waals surface area contributed by atoms with Crippen LogP contribution in [0.15, 0.2) is 91.1 Å². The molecular weight excluding hydrogens is 320 g/mol. The van der Waals surface area contributed by atoms with Crippen LogP contribution in [0.4, 0.5) is 0 Å². The van der Waals surface area contributed by atoms with Crippen molar-refractivity contribution in [3.8, 4) is 0 Å². The van der Waals surface area contributed by atoms with Crippen molar-refractivity contribution in [3.05, 3.63) is 108 Å². The highest BCUT2D eigenvalue weighted by atomic mass is 16.3. The Hall–Kier alpha value is -2.88. The number of hydrogen-bond donors (Lipinski definition) is 3. The van der Waals surface area contributed by atoms with Crippen LogP contribution in [0.3, 0.4) is 0 Å². The second kappa shape index (κ2) is 6.79. The number of para-hydroxylation sites is 1. The first-order chi connectivity index (χ1) is 12.7. The molecule has 0 saturated carbocycles. The number of aromatic amines is 1. The predicted molar refractivity (Wildman–Crippen MR) is 106 cm³/mol. The Balaban J connectivity index is 1.77. The molecule has 4 rings (SSSR count). The number of fused-ring (bicyclic) bond motifs is 1. The molecule has 0 unspecified atom stereocenters. The van der Waals surface area contributed by atoms with Gasteiger partial charge in [-0.25, -0.2) is 0 Å². The molecule has 0 aliphatic rings. The minimum Gasteiger partial charge on any atom is -0.379 e. The summed E-state index contributed by atoms with van der Waals surface area (Å²) in [5, 5.41) is 12.9. The Kier molecular flexibility index (Phi) is 4.33. The minimum absolute atomic E-state index is 0.494. The standard InChI is InChI=1S/C23H22N2O/c24-22(15-17-16-25-21-14-8-7-13-20(17)21)23(26,18-9-3-1-4-10-18)19-11-5-2-6-12-19/h1-14,16,22,25-26H,15,24H2/t22-/m1/s1. The van der Waals surface area contributed by atoms with Gasteiger partial charge in [0.05, 0.1) is 0 Å². The van der Waals surface area contributed by atoms with Crippen molar-refractivity contribution in [2.75, 3.05) is 0 Å². The molecule has 4 aromatic rings. The van der Waals surface area contributed by atoms with E-state index in [0.29, 0.717) is 6.42 Å². The van der Waals surface area contributed by atoms with Gasteiger partial charge in [-0.15, -0.1) is 0 Å². The maximum Gasteiger partial charge on any atom is 0.130 e. The van der Waals surface area contributed by atoms with E-state index < -0.39 is 11.6 Å². The maximum absolute atomic E-state index is 11.8. The lowest BCUT2D eigenvalue weighted by Crippen LogP contribution is -2.47. The molecule has 3 heteroatoms. The first-order valence-electron chi connectivity index (χ1n) is 8.83. The average Bonchev–Trinajstić information content (AvgIpc) is 3.11. The lowest BCUT2D eigenvalue weighted by molar-refractivity contribution is 0.0518. The molecule has 0 bridgehead atoms. The van der Waals surface area contributed by atoms with Crippen molar-refractivity contribution in [2.45, 2.75) is 18.1 Å². The summed E-state index contributed by atoms with van der Waals surface area (Å²) in [5.41, 5.74) is 9.17. The van der Waals surface area contributed by atoms with Crippen LogP contribution in [0.1, 0.15) is 16.7 Å². The third-order valence-electron chi connectivity index (χ3n) is 5.08. The fraction of sp³-hybridized carbons (Fsp3) is 0.130. The molecule has 1 atom stereocenters. The highest BCUT2D eigenvalue weighted by molar-refractivity contribution is 5.83. The van der Waals surface area contributed by atoms with Gasteiger partial charge in [-0.1, -0.05) is 78.9 Å². The molecule has 0 amide bonds. The molecule has 0 fully saturated rings. The summed E-state index contributed by atoms with van der Waals surface area (Å²) in [7, 11) is 0. The van der Waals surface area contributed by atoms with Gasteiger partial charge in [0.15, 0.2) is 0 Å². The Morgan fingerprint density at radius 2 is 1.35 bits per heavy atom. The van der Waals surface area contributed by atoms with Crippen molar-refractivity contribution < 1.29 is 5.11 Å². The van der Waals surface area contributed by atoms with Gasteiger partial charge in [-0.2, -0.15) is 0 Å². The van der Waals surface area contributed by atoms with Crippen LogP contribution >= 0.6 is 0 Å². The number of nitrogens with one attached hydrogen (secondary N) is 1. The fourth-order valence-corrected chi connectivity index (χ4v) is 3.66. The molecule has 130 valence electrons. The highest BCUT2D eigenvalue weighted by Gasteiger charge is 2.38. The van der Waals surface area contributed by atoms with Gasteiger partial charge in [0.2, 0.25) is 0 Å². The van der Waals surface area contributed by atoms with Crippen LogP contribution in [0, 0.1) is 0 Å². The van der Waals surface area contributed by atoms with Crippen molar-refractivity contribution >= 4 is 10.9 Å². The normalized spacial score (nSPS) is 13.0. The molecule has 1 heterocycles. The first-order valence-corrected chi connectivity index (χ1v) is 8.83. The predicted octanol–water partition coefficient (Wildman–Crippen LogP) is 3.97. The van der Waals surface area contributed by atoms with Gasteiger partial charge in [0.25, 0.3) is 0 Å². The first kappa shape index (κ1) is 16.6. The van der Waals surface area contributed by atoms with E-state index >= 15 is 0 Å². The Morgan fingerprint density at radius 1 is 0.808 bits per heavy atom. The van der Waals surface area contributed by atoms with Crippen LogP contribution in [-0.4, -0.2) is 16.1 Å². The van der Waals surface area contributed by atoms with Gasteiger partial charge in [-0.05, 0) is 29.2 Å². The SMILES string of the molecule is N[C@H](Cc1c[nH]c2ccccc12)C(O)(c1ccccc1)c1ccccc1. The number of H-pyrrole nitrogens is 1. The second-order valence-corrected chi connectivity index (χ2v) is 6.67. The van der Waals surface area contributed by atoms with Crippen LogP contribution < -0.4 is 5.73 Å². The molecule has 0 spiro atoms. The quantitative estimate of drug-likeness (QED) is 0.514. The summed E-state index contributed by atoms with van der Waals surface area (Å²) in [4.78, 5) is 3.29.